The second-order valence-corrected chi connectivity index (χ2v) is 3.36. The molecule has 2 aromatic carbocycles. The van der Waals surface area contributed by atoms with E-state index in [2.05, 4.69) is 0 Å². The number of hydrogen-bond donors (Lipinski definition) is 0. The molecule has 0 aliphatic heterocycles. The molecule has 106 valence electrons. The van der Waals surface area contributed by atoms with Crippen molar-refractivity contribution in [3.05, 3.63) is 71.1 Å². The van der Waals surface area contributed by atoms with Gasteiger partial charge in [-0.3, -0.25) is 0 Å². The standard InChI is InChI=1S/C18H23NO/c1-15-9-7-8-12-17(15)18(20-14-13-19(2)3)16-10-5-4-6-11-16/h4-12,18H,13-14H2,1-3H3/i1D3,2D3,3D3,4D,5D,6D,7D,8D,9D,10D,11D,12D,13D2,18D. The fourth-order valence-corrected chi connectivity index (χ4v) is 1.28. The van der Waals surface area contributed by atoms with Gasteiger partial charge in [0.15, 0.2) is 0 Å². The highest BCUT2D eigenvalue weighted by molar-refractivity contribution is 5.35. The Morgan fingerprint density at radius 1 is 1.20 bits per heavy atom. The molecule has 0 amide bonds. The average Bonchev–Trinajstić information content (AvgIpc) is 2.78. The summed E-state index contributed by atoms with van der Waals surface area (Å²) < 4.78 is 172. The highest BCUT2D eigenvalue weighted by atomic mass is 16.5. The zero-order valence-electron chi connectivity index (χ0n) is 31.1. The summed E-state index contributed by atoms with van der Waals surface area (Å²) in [6.07, 6.45) is -3.56. The van der Waals surface area contributed by atoms with E-state index < -0.39 is 116 Å². The van der Waals surface area contributed by atoms with Gasteiger partial charge in [0, 0.05) is 21.6 Å². The minimum absolute atomic E-state index is 0.569. The van der Waals surface area contributed by atoms with E-state index >= 15 is 0 Å². The molecule has 0 heterocycles. The fourth-order valence-electron chi connectivity index (χ4n) is 1.28. The van der Waals surface area contributed by atoms with Crippen LogP contribution in [0.4, 0.5) is 0 Å². The molecule has 2 aromatic rings. The van der Waals surface area contributed by atoms with Gasteiger partial charge >= 0.3 is 0 Å². The fraction of sp³-hybridized carbons (Fsp3) is 0.333. The van der Waals surface area contributed by atoms with Crippen LogP contribution in [0.2, 0.25) is 0 Å². The van der Waals surface area contributed by atoms with Crippen LogP contribution in [0.1, 0.15) is 51.6 Å². The third-order valence-corrected chi connectivity index (χ3v) is 2.08. The zero-order chi connectivity index (χ0) is 32.4. The molecule has 0 aliphatic rings. The normalized spacial score (nSPS) is 31.9. The number of nitrogens with zero attached hydrogens (tertiary/aromatic N) is 1. The van der Waals surface area contributed by atoms with Crippen molar-refractivity contribution in [1.29, 1.82) is 0 Å². The van der Waals surface area contributed by atoms with Crippen molar-refractivity contribution >= 4 is 0 Å². The van der Waals surface area contributed by atoms with Crippen LogP contribution in [0.15, 0.2) is 54.4 Å². The number of hydrogen-bond acceptors (Lipinski definition) is 2. The van der Waals surface area contributed by atoms with Gasteiger partial charge in [0.05, 0.1) is 20.3 Å². The second kappa shape index (κ2) is 7.22. The Kier molecular flexibility index (Phi) is 1.23. The maximum Gasteiger partial charge on any atom is 0.108 e. The summed E-state index contributed by atoms with van der Waals surface area (Å²) in [6.45, 7) is -16.0. The summed E-state index contributed by atoms with van der Waals surface area (Å²) >= 11 is 0. The van der Waals surface area contributed by atoms with Crippen LogP contribution >= 0.6 is 0 Å². The minimum atomic E-state index is -3.64. The maximum absolute atomic E-state index is 9.15. The largest absolute Gasteiger partial charge is 0.367 e. The van der Waals surface area contributed by atoms with Gasteiger partial charge in [-0.2, -0.15) is 0 Å². The lowest BCUT2D eigenvalue weighted by Gasteiger charge is -2.22. The van der Waals surface area contributed by atoms with Crippen molar-refractivity contribution < 1.29 is 33.5 Å². The monoisotopic (exact) mass is 290 g/mol. The topological polar surface area (TPSA) is 12.5 Å². The van der Waals surface area contributed by atoms with Gasteiger partial charge < -0.3 is 9.64 Å². The van der Waals surface area contributed by atoms with E-state index in [1.54, 1.807) is 0 Å². The minimum Gasteiger partial charge on any atom is -0.367 e. The van der Waals surface area contributed by atoms with E-state index in [1.807, 2.05) is 0 Å². The third-order valence-electron chi connectivity index (χ3n) is 2.08. The van der Waals surface area contributed by atoms with Crippen molar-refractivity contribution in [1.82, 2.24) is 4.90 Å². The van der Waals surface area contributed by atoms with Gasteiger partial charge in [0.2, 0.25) is 0 Å². The van der Waals surface area contributed by atoms with Crippen LogP contribution in [-0.2, 0) is 4.74 Å². The Morgan fingerprint density at radius 3 is 2.70 bits per heavy atom. The highest BCUT2D eigenvalue weighted by Gasteiger charge is 2.16. The molecule has 0 spiro atoms. The Hall–Kier alpha value is -1.64. The van der Waals surface area contributed by atoms with Gasteiger partial charge in [-0.25, -0.2) is 0 Å². The number of ether oxygens (including phenoxy) is 1. The van der Waals surface area contributed by atoms with E-state index in [4.69, 9.17) is 33.5 Å². The maximum atomic E-state index is 9.15. The quantitative estimate of drug-likeness (QED) is 0.805. The summed E-state index contributed by atoms with van der Waals surface area (Å²) in [5.74, 6) is 0. The van der Waals surface area contributed by atoms with Crippen molar-refractivity contribution in [2.45, 2.75) is 12.9 Å². The van der Waals surface area contributed by atoms with Crippen molar-refractivity contribution in [3.8, 4) is 0 Å². The van der Waals surface area contributed by atoms with E-state index in [0.717, 1.165) is 0 Å². The van der Waals surface area contributed by atoms with Crippen LogP contribution in [-0.4, -0.2) is 32.0 Å². The van der Waals surface area contributed by atoms with E-state index in [1.165, 1.54) is 0 Å². The summed E-state index contributed by atoms with van der Waals surface area (Å²) in [6, 6.07) is -10.2. The molecule has 0 N–H and O–H groups in total. The molecule has 0 aromatic heterocycles. The first-order chi connectivity index (χ1) is 18.1. The molecule has 0 saturated carbocycles. The zero-order valence-corrected chi connectivity index (χ0v) is 10.1. The van der Waals surface area contributed by atoms with Gasteiger partial charge in [0.1, 0.15) is 6.08 Å². The second-order valence-electron chi connectivity index (χ2n) is 3.36. The Bertz CT molecular complexity index is 1300. The smallest absolute Gasteiger partial charge is 0.108 e. The molecule has 20 heavy (non-hydrogen) atoms. The highest BCUT2D eigenvalue weighted by Crippen LogP contribution is 2.28. The van der Waals surface area contributed by atoms with Gasteiger partial charge in [-0.15, -0.1) is 0 Å². The first-order valence-electron chi connectivity index (χ1n) is 15.8. The van der Waals surface area contributed by atoms with Gasteiger partial charge in [0.25, 0.3) is 0 Å². The average molecular weight is 291 g/mol. The first-order valence-corrected chi connectivity index (χ1v) is 5.27. The lowest BCUT2D eigenvalue weighted by atomic mass is 9.97. The third kappa shape index (κ3) is 3.92. The molecular weight excluding hydrogens is 246 g/mol. The summed E-state index contributed by atoms with van der Waals surface area (Å²) in [7, 11) is 0. The molecule has 2 heteroatoms. The Morgan fingerprint density at radius 2 is 1.95 bits per heavy atom. The summed E-state index contributed by atoms with van der Waals surface area (Å²) in [5.41, 5.74) is -3.76. The molecule has 0 fully saturated rings. The molecule has 0 aliphatic carbocycles. The first kappa shape index (κ1) is 3.40. The molecule has 2 rings (SSSR count). The predicted octanol–water partition coefficient (Wildman–Crippen LogP) is 3.66. The Balaban J connectivity index is 3.12. The van der Waals surface area contributed by atoms with Crippen molar-refractivity contribution in [2.75, 3.05) is 27.1 Å². The number of rotatable bonds is 6. The lowest BCUT2D eigenvalue weighted by molar-refractivity contribution is 0.0683. The van der Waals surface area contributed by atoms with E-state index in [0.29, 0.717) is 0 Å². The molecule has 0 saturated heterocycles. The predicted molar refractivity (Wildman–Crippen MR) is 84.0 cm³/mol. The molecule has 0 radical (unpaired) electrons. The van der Waals surface area contributed by atoms with Crippen molar-refractivity contribution in [2.24, 2.45) is 0 Å². The summed E-state index contributed by atoms with van der Waals surface area (Å²) in [5, 5.41) is 0. The molecule has 1 atom stereocenters. The van der Waals surface area contributed by atoms with Crippen LogP contribution in [0, 0.1) is 6.85 Å². The van der Waals surface area contributed by atoms with Crippen LogP contribution < -0.4 is 0 Å². The van der Waals surface area contributed by atoms with E-state index in [-0.39, 0.29) is 0 Å². The molecular formula is C18H23NO. The number of likely N-dealkylation sites (N-methyl/N-ethyl adjacent to an activating group) is 1. The van der Waals surface area contributed by atoms with Gasteiger partial charge in [-0.1, -0.05) is 54.4 Å². The van der Waals surface area contributed by atoms with Crippen LogP contribution in [0.25, 0.3) is 0 Å². The van der Waals surface area contributed by atoms with E-state index in [9.17, 15) is 0 Å². The molecule has 1 unspecified atom stereocenters. The summed E-state index contributed by atoms with van der Waals surface area (Å²) in [4.78, 5) is -0.569. The molecule has 2 nitrogen and oxygen atoms in total. The van der Waals surface area contributed by atoms with Crippen LogP contribution in [0.5, 0.6) is 0 Å². The van der Waals surface area contributed by atoms with Crippen molar-refractivity contribution in [3.63, 3.8) is 0 Å². The lowest BCUT2D eigenvalue weighted by Crippen LogP contribution is -2.20. The molecule has 0 bridgehead atoms. The Labute approximate surface area is 151 Å². The van der Waals surface area contributed by atoms with Crippen LogP contribution in [0.3, 0.4) is 0 Å². The number of benzene rings is 2. The van der Waals surface area contributed by atoms with Gasteiger partial charge in [-0.05, 0) is 37.5 Å². The SMILES string of the molecule is [2H]c1c([2H])c([2H])c(C([2H])(OCC([2H])([2H])N(C([2H])([2H])[2H])C([2H])([2H])[2H])c2c([2H])c([2H])c([2H])c([2H])c2C([2H])([2H])[2H])c([2H])c1[2H].